The molecule has 1 aromatic heterocycles. The first kappa shape index (κ1) is 13.5. The number of aromatic nitrogens is 4. The lowest BCUT2D eigenvalue weighted by atomic mass is 10.1. The quantitative estimate of drug-likeness (QED) is 0.905. The fourth-order valence-electron chi connectivity index (χ4n) is 1.80. The maximum atomic E-state index is 10.7. The van der Waals surface area contributed by atoms with Crippen LogP contribution < -0.4 is 0 Å². The van der Waals surface area contributed by atoms with Gasteiger partial charge in [-0.1, -0.05) is 23.7 Å². The zero-order valence-electron chi connectivity index (χ0n) is 10.3. The van der Waals surface area contributed by atoms with Gasteiger partial charge in [0, 0.05) is 11.4 Å². The molecular weight excluding hydrogens is 268 g/mol. The van der Waals surface area contributed by atoms with Crippen LogP contribution in [0.1, 0.15) is 30.8 Å². The number of tetrazole rings is 1. The minimum atomic E-state index is -0.875. The van der Waals surface area contributed by atoms with E-state index in [4.69, 9.17) is 16.7 Å². The van der Waals surface area contributed by atoms with E-state index in [9.17, 15) is 4.79 Å². The van der Waals surface area contributed by atoms with Crippen molar-refractivity contribution in [2.24, 2.45) is 0 Å². The Labute approximate surface area is 115 Å². The summed E-state index contributed by atoms with van der Waals surface area (Å²) in [4.78, 5) is 10.7. The summed E-state index contributed by atoms with van der Waals surface area (Å²) >= 11 is 5.82. The summed E-state index contributed by atoms with van der Waals surface area (Å²) in [6.07, 6.45) is 0.521. The third-order valence-electron chi connectivity index (χ3n) is 2.72. The standard InChI is InChI=1S/C12H13ClN4O2/c1-8(6-12(18)19)17-11(14-15-16-17)7-9-2-4-10(13)5-3-9/h2-5,8H,6-7H2,1H3,(H,18,19). The van der Waals surface area contributed by atoms with Crippen molar-refractivity contribution in [1.82, 2.24) is 20.2 Å². The molecule has 7 heteroatoms. The van der Waals surface area contributed by atoms with Crippen LogP contribution in [0.5, 0.6) is 0 Å². The largest absolute Gasteiger partial charge is 0.481 e. The SMILES string of the molecule is CC(CC(=O)O)n1nnnc1Cc1ccc(Cl)cc1. The summed E-state index contributed by atoms with van der Waals surface area (Å²) in [7, 11) is 0. The molecule has 0 radical (unpaired) electrons. The average Bonchev–Trinajstić information content (AvgIpc) is 2.79. The Morgan fingerprint density at radius 1 is 1.42 bits per heavy atom. The van der Waals surface area contributed by atoms with Crippen molar-refractivity contribution in [1.29, 1.82) is 0 Å². The summed E-state index contributed by atoms with van der Waals surface area (Å²) in [5.41, 5.74) is 1.02. The van der Waals surface area contributed by atoms with Crippen LogP contribution in [0.25, 0.3) is 0 Å². The summed E-state index contributed by atoms with van der Waals surface area (Å²) in [5.74, 6) is -0.239. The monoisotopic (exact) mass is 280 g/mol. The highest BCUT2D eigenvalue weighted by atomic mass is 35.5. The number of benzene rings is 1. The van der Waals surface area contributed by atoms with Crippen molar-refractivity contribution < 1.29 is 9.90 Å². The highest BCUT2D eigenvalue weighted by Crippen LogP contribution is 2.15. The van der Waals surface area contributed by atoms with E-state index in [2.05, 4.69) is 15.5 Å². The first-order chi connectivity index (χ1) is 9.06. The molecule has 2 aromatic rings. The molecule has 0 aliphatic rings. The zero-order valence-corrected chi connectivity index (χ0v) is 11.1. The van der Waals surface area contributed by atoms with Gasteiger partial charge < -0.3 is 5.11 Å². The number of carboxylic acids is 1. The number of halogens is 1. The van der Waals surface area contributed by atoms with E-state index in [1.165, 1.54) is 0 Å². The van der Waals surface area contributed by atoms with Gasteiger partial charge in [0.05, 0.1) is 12.5 Å². The van der Waals surface area contributed by atoms with E-state index in [1.807, 2.05) is 12.1 Å². The van der Waals surface area contributed by atoms with Crippen LogP contribution in [0.15, 0.2) is 24.3 Å². The first-order valence-corrected chi connectivity index (χ1v) is 6.17. The second-order valence-electron chi connectivity index (χ2n) is 4.29. The van der Waals surface area contributed by atoms with E-state index < -0.39 is 5.97 Å². The van der Waals surface area contributed by atoms with Crippen LogP contribution in [0.4, 0.5) is 0 Å². The number of nitrogens with zero attached hydrogens (tertiary/aromatic N) is 4. The maximum absolute atomic E-state index is 10.7. The molecule has 0 spiro atoms. The Balaban J connectivity index is 2.15. The molecule has 1 N–H and O–H groups in total. The predicted octanol–water partition coefficient (Wildman–Crippen LogP) is 1.95. The van der Waals surface area contributed by atoms with Crippen LogP contribution in [-0.2, 0) is 11.2 Å². The first-order valence-electron chi connectivity index (χ1n) is 5.79. The molecule has 0 amide bonds. The van der Waals surface area contributed by atoms with E-state index in [-0.39, 0.29) is 12.5 Å². The summed E-state index contributed by atoms with van der Waals surface area (Å²) in [6, 6.07) is 7.10. The number of aliphatic carboxylic acids is 1. The third-order valence-corrected chi connectivity index (χ3v) is 2.98. The van der Waals surface area contributed by atoms with E-state index in [0.29, 0.717) is 17.3 Å². The van der Waals surface area contributed by atoms with Gasteiger partial charge in [-0.15, -0.1) is 5.10 Å². The zero-order chi connectivity index (χ0) is 13.8. The molecule has 1 atom stereocenters. The van der Waals surface area contributed by atoms with Gasteiger partial charge in [0.25, 0.3) is 0 Å². The van der Waals surface area contributed by atoms with Gasteiger partial charge in [-0.2, -0.15) is 0 Å². The summed E-state index contributed by atoms with van der Waals surface area (Å²) in [6.45, 7) is 1.77. The van der Waals surface area contributed by atoms with Crippen LogP contribution in [-0.4, -0.2) is 31.3 Å². The van der Waals surface area contributed by atoms with Gasteiger partial charge >= 0.3 is 5.97 Å². The third kappa shape index (κ3) is 3.51. The minimum Gasteiger partial charge on any atom is -0.481 e. The van der Waals surface area contributed by atoms with Crippen LogP contribution in [0.3, 0.4) is 0 Å². The normalized spacial score (nSPS) is 12.3. The molecule has 0 aliphatic carbocycles. The molecule has 0 saturated carbocycles. The Morgan fingerprint density at radius 3 is 2.74 bits per heavy atom. The number of rotatable bonds is 5. The topological polar surface area (TPSA) is 80.9 Å². The molecule has 1 unspecified atom stereocenters. The predicted molar refractivity (Wildman–Crippen MR) is 69.0 cm³/mol. The Kier molecular flexibility index (Phi) is 4.11. The minimum absolute atomic E-state index is 0.0152. The van der Waals surface area contributed by atoms with Gasteiger partial charge in [-0.25, -0.2) is 4.68 Å². The fourth-order valence-corrected chi connectivity index (χ4v) is 1.92. The smallest absolute Gasteiger partial charge is 0.305 e. The van der Waals surface area contributed by atoms with Gasteiger partial charge in [0.1, 0.15) is 0 Å². The van der Waals surface area contributed by atoms with E-state index >= 15 is 0 Å². The lowest BCUT2D eigenvalue weighted by Crippen LogP contribution is -2.15. The Morgan fingerprint density at radius 2 is 2.11 bits per heavy atom. The van der Waals surface area contributed by atoms with Gasteiger partial charge in [-0.05, 0) is 35.0 Å². The summed E-state index contributed by atoms with van der Waals surface area (Å²) < 4.78 is 1.54. The van der Waals surface area contributed by atoms with Crippen LogP contribution in [0, 0.1) is 0 Å². The van der Waals surface area contributed by atoms with Crippen molar-refractivity contribution in [3.63, 3.8) is 0 Å². The molecular formula is C12H13ClN4O2. The van der Waals surface area contributed by atoms with Crippen LogP contribution in [0.2, 0.25) is 5.02 Å². The van der Waals surface area contributed by atoms with Gasteiger partial charge in [-0.3, -0.25) is 4.79 Å². The molecule has 1 heterocycles. The van der Waals surface area contributed by atoms with E-state index in [0.717, 1.165) is 5.56 Å². The Hall–Kier alpha value is -1.95. The summed E-state index contributed by atoms with van der Waals surface area (Å²) in [5, 5.41) is 20.9. The highest BCUT2D eigenvalue weighted by Gasteiger charge is 2.16. The Bertz CT molecular complexity index is 567. The molecule has 19 heavy (non-hydrogen) atoms. The lowest BCUT2D eigenvalue weighted by Gasteiger charge is -2.10. The number of hydrogen-bond acceptors (Lipinski definition) is 4. The second-order valence-corrected chi connectivity index (χ2v) is 4.73. The number of carboxylic acid groups (broad SMARTS) is 1. The van der Waals surface area contributed by atoms with Gasteiger partial charge in [0.2, 0.25) is 0 Å². The molecule has 6 nitrogen and oxygen atoms in total. The molecule has 0 bridgehead atoms. The molecule has 0 saturated heterocycles. The van der Waals surface area contributed by atoms with Crippen molar-refractivity contribution in [2.45, 2.75) is 25.8 Å². The fraction of sp³-hybridized carbons (Fsp3) is 0.333. The molecule has 1 aromatic carbocycles. The van der Waals surface area contributed by atoms with Crippen molar-refractivity contribution in [3.8, 4) is 0 Å². The number of carbonyl (C=O) groups is 1. The second kappa shape index (κ2) is 5.79. The molecule has 0 fully saturated rings. The molecule has 100 valence electrons. The van der Waals surface area contributed by atoms with Crippen LogP contribution >= 0.6 is 11.6 Å². The van der Waals surface area contributed by atoms with Gasteiger partial charge in [0.15, 0.2) is 5.82 Å². The highest BCUT2D eigenvalue weighted by molar-refractivity contribution is 6.30. The lowest BCUT2D eigenvalue weighted by molar-refractivity contribution is -0.137. The van der Waals surface area contributed by atoms with E-state index in [1.54, 1.807) is 23.7 Å². The molecule has 2 rings (SSSR count). The maximum Gasteiger partial charge on any atom is 0.305 e. The average molecular weight is 281 g/mol. The number of hydrogen-bond donors (Lipinski definition) is 1. The van der Waals surface area contributed by atoms with Crippen molar-refractivity contribution >= 4 is 17.6 Å². The molecule has 0 aliphatic heterocycles. The van der Waals surface area contributed by atoms with Crippen molar-refractivity contribution in [2.75, 3.05) is 0 Å². The van der Waals surface area contributed by atoms with Crippen molar-refractivity contribution in [3.05, 3.63) is 40.7 Å².